The van der Waals surface area contributed by atoms with Gasteiger partial charge in [0.05, 0.1) is 39.6 Å². The molecule has 0 fully saturated rings. The Morgan fingerprint density at radius 1 is 1.05 bits per heavy atom. The molecule has 0 aliphatic carbocycles. The first kappa shape index (κ1) is 14.2. The number of ether oxygens (including phenoxy) is 3. The summed E-state index contributed by atoms with van der Waals surface area (Å²) in [6, 6.07) is 3.57. The average Bonchev–Trinajstić information content (AvgIpc) is 2.94. The van der Waals surface area contributed by atoms with Crippen molar-refractivity contribution >= 4 is 0 Å². The van der Waals surface area contributed by atoms with E-state index in [0.717, 1.165) is 5.56 Å². The summed E-state index contributed by atoms with van der Waals surface area (Å²) in [4.78, 5) is 4.20. The van der Waals surface area contributed by atoms with Crippen molar-refractivity contribution in [2.24, 2.45) is 0 Å². The van der Waals surface area contributed by atoms with Gasteiger partial charge in [-0.3, -0.25) is 0 Å². The minimum Gasteiger partial charge on any atom is -0.496 e. The van der Waals surface area contributed by atoms with Crippen LogP contribution < -0.4 is 19.5 Å². The molecule has 20 heavy (non-hydrogen) atoms. The highest BCUT2D eigenvalue weighted by Gasteiger charge is 2.16. The van der Waals surface area contributed by atoms with Gasteiger partial charge in [-0.05, 0) is 13.1 Å². The van der Waals surface area contributed by atoms with E-state index in [9.17, 15) is 0 Å². The molecule has 1 heterocycles. The normalized spacial score (nSPS) is 10.4. The van der Waals surface area contributed by atoms with Crippen molar-refractivity contribution in [1.82, 2.24) is 10.3 Å². The molecule has 108 valence electrons. The number of rotatable bonds is 6. The number of hydrogen-bond acceptors (Lipinski definition) is 6. The van der Waals surface area contributed by atoms with Crippen LogP contribution in [0.3, 0.4) is 0 Å². The van der Waals surface area contributed by atoms with E-state index in [1.807, 2.05) is 7.05 Å². The van der Waals surface area contributed by atoms with Crippen molar-refractivity contribution in [1.29, 1.82) is 0 Å². The zero-order valence-corrected chi connectivity index (χ0v) is 12.0. The number of aromatic nitrogens is 1. The van der Waals surface area contributed by atoms with Gasteiger partial charge in [0, 0.05) is 6.07 Å². The number of nitrogens with zero attached hydrogens (tertiary/aromatic N) is 1. The van der Waals surface area contributed by atoms with Crippen LogP contribution >= 0.6 is 0 Å². The van der Waals surface area contributed by atoms with Gasteiger partial charge in [0.15, 0.2) is 17.3 Å². The third-order valence-electron chi connectivity index (χ3n) is 2.85. The molecule has 2 aromatic rings. The third kappa shape index (κ3) is 2.70. The second-order valence-electron chi connectivity index (χ2n) is 4.06. The molecule has 1 aromatic carbocycles. The van der Waals surface area contributed by atoms with Crippen molar-refractivity contribution in [2.45, 2.75) is 6.54 Å². The summed E-state index contributed by atoms with van der Waals surface area (Å²) in [7, 11) is 6.59. The van der Waals surface area contributed by atoms with Gasteiger partial charge in [-0.2, -0.15) is 0 Å². The fourth-order valence-corrected chi connectivity index (χ4v) is 1.89. The van der Waals surface area contributed by atoms with Crippen LogP contribution in [-0.4, -0.2) is 33.4 Å². The molecule has 0 aliphatic heterocycles. The molecule has 0 aliphatic rings. The maximum atomic E-state index is 5.68. The van der Waals surface area contributed by atoms with Crippen LogP contribution in [0, 0.1) is 0 Å². The van der Waals surface area contributed by atoms with Gasteiger partial charge in [-0.1, -0.05) is 0 Å². The fourth-order valence-electron chi connectivity index (χ4n) is 1.89. The molecule has 6 heteroatoms. The van der Waals surface area contributed by atoms with Gasteiger partial charge in [-0.15, -0.1) is 0 Å². The molecular formula is C14H18N2O4. The van der Waals surface area contributed by atoms with Crippen LogP contribution in [-0.2, 0) is 6.54 Å². The first-order valence-electron chi connectivity index (χ1n) is 6.13. The topological polar surface area (TPSA) is 65.8 Å². The van der Waals surface area contributed by atoms with E-state index in [1.54, 1.807) is 39.7 Å². The summed E-state index contributed by atoms with van der Waals surface area (Å²) < 4.78 is 21.6. The maximum Gasteiger partial charge on any atom is 0.208 e. The van der Waals surface area contributed by atoms with Crippen LogP contribution in [0.1, 0.15) is 5.89 Å². The van der Waals surface area contributed by atoms with Gasteiger partial charge < -0.3 is 23.9 Å². The van der Waals surface area contributed by atoms with Crippen molar-refractivity contribution in [2.75, 3.05) is 28.4 Å². The van der Waals surface area contributed by atoms with E-state index >= 15 is 0 Å². The molecule has 0 saturated heterocycles. The summed E-state index contributed by atoms with van der Waals surface area (Å²) in [5.41, 5.74) is 0.764. The van der Waals surface area contributed by atoms with E-state index in [1.165, 1.54) is 0 Å². The van der Waals surface area contributed by atoms with E-state index in [2.05, 4.69) is 10.3 Å². The molecule has 0 spiro atoms. The molecule has 0 bridgehead atoms. The smallest absolute Gasteiger partial charge is 0.208 e. The van der Waals surface area contributed by atoms with Crippen LogP contribution in [0.25, 0.3) is 11.3 Å². The highest BCUT2D eigenvalue weighted by molar-refractivity contribution is 5.70. The summed E-state index contributed by atoms with van der Waals surface area (Å²) in [6.45, 7) is 0.565. The second kappa shape index (κ2) is 6.29. The highest BCUT2D eigenvalue weighted by atomic mass is 16.5. The van der Waals surface area contributed by atoms with Gasteiger partial charge in [0.2, 0.25) is 5.89 Å². The summed E-state index contributed by atoms with van der Waals surface area (Å²) in [5, 5.41) is 2.99. The Hall–Kier alpha value is -2.21. The number of benzene rings is 1. The van der Waals surface area contributed by atoms with E-state index in [4.69, 9.17) is 18.6 Å². The van der Waals surface area contributed by atoms with Crippen molar-refractivity contribution < 1.29 is 18.6 Å². The lowest BCUT2D eigenvalue weighted by Crippen LogP contribution is -2.04. The van der Waals surface area contributed by atoms with Crippen LogP contribution in [0.2, 0.25) is 0 Å². The van der Waals surface area contributed by atoms with Crippen LogP contribution in [0.5, 0.6) is 17.2 Å². The van der Waals surface area contributed by atoms with Crippen molar-refractivity contribution in [3.05, 3.63) is 24.2 Å². The summed E-state index contributed by atoms with van der Waals surface area (Å²) >= 11 is 0. The van der Waals surface area contributed by atoms with Gasteiger partial charge >= 0.3 is 0 Å². The Morgan fingerprint density at radius 2 is 1.70 bits per heavy atom. The molecule has 1 N–H and O–H groups in total. The number of oxazole rings is 1. The van der Waals surface area contributed by atoms with E-state index in [0.29, 0.717) is 35.4 Å². The predicted octanol–water partition coefficient (Wildman–Crippen LogP) is 2.09. The van der Waals surface area contributed by atoms with Crippen molar-refractivity contribution in [3.63, 3.8) is 0 Å². The Balaban J connectivity index is 2.47. The zero-order valence-electron chi connectivity index (χ0n) is 12.0. The molecule has 2 rings (SSSR count). The average molecular weight is 278 g/mol. The molecule has 0 amide bonds. The van der Waals surface area contributed by atoms with Gasteiger partial charge in [0.25, 0.3) is 0 Å². The Morgan fingerprint density at radius 3 is 2.30 bits per heavy atom. The third-order valence-corrected chi connectivity index (χ3v) is 2.85. The van der Waals surface area contributed by atoms with E-state index in [-0.39, 0.29) is 0 Å². The quantitative estimate of drug-likeness (QED) is 0.872. The predicted molar refractivity (Wildman–Crippen MR) is 74.4 cm³/mol. The van der Waals surface area contributed by atoms with Gasteiger partial charge in [-0.25, -0.2) is 4.98 Å². The molecule has 0 atom stereocenters. The Labute approximate surface area is 117 Å². The number of hydrogen-bond donors (Lipinski definition) is 1. The molecular weight excluding hydrogens is 260 g/mol. The van der Waals surface area contributed by atoms with Crippen molar-refractivity contribution in [3.8, 4) is 28.6 Å². The lowest BCUT2D eigenvalue weighted by atomic mass is 10.1. The minimum absolute atomic E-state index is 0.565. The monoisotopic (exact) mass is 278 g/mol. The summed E-state index contributed by atoms with van der Waals surface area (Å²) in [6.07, 6.45) is 1.66. The van der Waals surface area contributed by atoms with Crippen LogP contribution in [0.4, 0.5) is 0 Å². The molecule has 0 saturated carbocycles. The number of nitrogens with one attached hydrogen (secondary N) is 1. The second-order valence-corrected chi connectivity index (χ2v) is 4.06. The molecule has 0 radical (unpaired) electrons. The van der Waals surface area contributed by atoms with Crippen LogP contribution in [0.15, 0.2) is 22.7 Å². The first-order valence-corrected chi connectivity index (χ1v) is 6.13. The lowest BCUT2D eigenvalue weighted by Gasteiger charge is -2.12. The largest absolute Gasteiger partial charge is 0.496 e. The zero-order chi connectivity index (χ0) is 14.5. The lowest BCUT2D eigenvalue weighted by molar-refractivity contribution is 0.349. The SMILES string of the molecule is CNCc1ncc(-c2cc(OC)c(OC)cc2OC)o1. The fraction of sp³-hybridized carbons (Fsp3) is 0.357. The molecule has 6 nitrogen and oxygen atoms in total. The first-order chi connectivity index (χ1) is 9.73. The van der Waals surface area contributed by atoms with Gasteiger partial charge in [0.1, 0.15) is 5.75 Å². The summed E-state index contributed by atoms with van der Waals surface area (Å²) in [5.74, 6) is 3.07. The molecule has 1 aromatic heterocycles. The Bertz CT molecular complexity index is 581. The minimum atomic E-state index is 0.565. The van der Waals surface area contributed by atoms with E-state index < -0.39 is 0 Å². The highest BCUT2D eigenvalue weighted by Crippen LogP contribution is 2.40. The Kier molecular flexibility index (Phi) is 4.47. The number of methoxy groups -OCH3 is 3. The maximum absolute atomic E-state index is 5.68. The molecule has 0 unspecified atom stereocenters. The standard InChI is InChI=1S/C14H18N2O4/c1-15-8-14-16-7-13(20-14)9-5-11(18-3)12(19-4)6-10(9)17-2/h5-7,15H,8H2,1-4H3.